The average molecular weight is 678 g/mol. The van der Waals surface area contributed by atoms with Crippen LogP contribution in [0.2, 0.25) is 0 Å². The summed E-state index contributed by atoms with van der Waals surface area (Å²) in [4.78, 5) is 57.3. The Morgan fingerprint density at radius 3 is 1.85 bits per heavy atom. The van der Waals surface area contributed by atoms with Crippen LogP contribution in [0.25, 0.3) is 0 Å². The molecule has 1 aromatic carbocycles. The second-order valence-corrected chi connectivity index (χ2v) is 15.2. The Balaban J connectivity index is 1.72. The largest absolute Gasteiger partial charge is 0.509 e. The first-order valence-electron chi connectivity index (χ1n) is 16.6. The summed E-state index contributed by atoms with van der Waals surface area (Å²) in [7, 11) is 1.58. The highest BCUT2D eigenvalue weighted by Gasteiger charge is 2.50. The normalized spacial score (nSPS) is 20.6. The molecule has 0 bridgehead atoms. The van der Waals surface area contributed by atoms with E-state index >= 15 is 0 Å². The van der Waals surface area contributed by atoms with Gasteiger partial charge in [-0.1, -0.05) is 12.1 Å². The van der Waals surface area contributed by atoms with Gasteiger partial charge in [0.25, 0.3) is 0 Å². The summed E-state index contributed by atoms with van der Waals surface area (Å²) in [5.41, 5.74) is -1.29. The summed E-state index contributed by atoms with van der Waals surface area (Å²) in [5, 5.41) is 0. The topological polar surface area (TPSA) is 133 Å². The molecule has 13 nitrogen and oxygen atoms in total. The number of ether oxygens (including phenoxy) is 6. The zero-order valence-corrected chi connectivity index (χ0v) is 30.3. The molecule has 2 fully saturated rings. The molecule has 2 aliphatic heterocycles. The molecule has 3 atom stereocenters. The second-order valence-electron chi connectivity index (χ2n) is 15.2. The van der Waals surface area contributed by atoms with Gasteiger partial charge in [-0.05, 0) is 99.4 Å². The third-order valence-electron chi connectivity index (χ3n) is 7.54. The number of hydrogen-bond donors (Lipinski definition) is 0. The van der Waals surface area contributed by atoms with Gasteiger partial charge >= 0.3 is 24.3 Å². The Hall–Kier alpha value is -3.74. The number of benzene rings is 1. The summed E-state index contributed by atoms with van der Waals surface area (Å²) in [6, 6.07) is 6.67. The molecule has 48 heavy (non-hydrogen) atoms. The second kappa shape index (κ2) is 16.1. The smallest absolute Gasteiger partial charge is 0.497 e. The van der Waals surface area contributed by atoms with Gasteiger partial charge in [0, 0.05) is 32.6 Å². The first kappa shape index (κ1) is 38.7. The van der Waals surface area contributed by atoms with Crippen molar-refractivity contribution in [3.63, 3.8) is 0 Å². The number of rotatable bonds is 9. The van der Waals surface area contributed by atoms with E-state index < -0.39 is 53.3 Å². The monoisotopic (exact) mass is 677 g/mol. The first-order chi connectivity index (χ1) is 22.2. The Morgan fingerprint density at radius 2 is 1.31 bits per heavy atom. The molecule has 13 heteroatoms. The van der Waals surface area contributed by atoms with Gasteiger partial charge < -0.3 is 33.3 Å². The van der Waals surface area contributed by atoms with Gasteiger partial charge in [-0.3, -0.25) is 14.6 Å². The minimum Gasteiger partial charge on any atom is -0.497 e. The zero-order chi connectivity index (χ0) is 35.9. The fourth-order valence-electron chi connectivity index (χ4n) is 5.41. The number of amides is 2. The Bertz CT molecular complexity index is 1240. The van der Waals surface area contributed by atoms with Gasteiger partial charge in [0.15, 0.2) is 12.2 Å². The van der Waals surface area contributed by atoms with Crippen LogP contribution in [0.4, 0.5) is 14.4 Å². The van der Waals surface area contributed by atoms with Crippen LogP contribution in [0, 0.1) is 0 Å². The SMILES string of the molecule is COc1ccc(C[C@@H]2[C@H](OC(=O)CCCN3CCN(C(=O)OC(C)(C)C)CC3)[C@@H](OC(=O)OC(C)(C)C)CN2C(=O)OC(C)(C)C)cc1. The molecule has 2 saturated heterocycles. The Labute approximate surface area is 285 Å². The standard InChI is InChI=1S/C35H55N3O10/c1-33(2,3)46-30(40)37-20-18-36(19-21-37)17-11-12-28(39)45-29-26(22-24-13-15-25(43-10)16-14-24)38(31(41)47-34(4,5)6)23-27(29)44-32(42)48-35(7,8)9/h13-16,26-27,29H,11-12,17-23H2,1-10H3/t26-,27+,29+/m1/s1. The quantitative estimate of drug-likeness (QED) is 0.245. The van der Waals surface area contributed by atoms with E-state index in [1.54, 1.807) is 53.6 Å². The first-order valence-corrected chi connectivity index (χ1v) is 16.6. The number of likely N-dealkylation sites (tertiary alicyclic amines) is 1. The zero-order valence-electron chi connectivity index (χ0n) is 30.3. The lowest BCUT2D eigenvalue weighted by Gasteiger charge is -2.35. The van der Waals surface area contributed by atoms with Crippen molar-refractivity contribution in [1.82, 2.24) is 14.7 Å². The predicted octanol–water partition coefficient (Wildman–Crippen LogP) is 5.42. The molecule has 2 aliphatic rings. The molecular weight excluding hydrogens is 622 g/mol. The number of carbonyl (C=O) groups is 4. The lowest BCUT2D eigenvalue weighted by Crippen LogP contribution is -2.50. The minimum absolute atomic E-state index is 0.0468. The van der Waals surface area contributed by atoms with Gasteiger partial charge in [0.05, 0.1) is 19.7 Å². The number of piperazine rings is 1. The van der Waals surface area contributed by atoms with Gasteiger partial charge in [-0.2, -0.15) is 0 Å². The molecule has 270 valence electrons. The van der Waals surface area contributed by atoms with E-state index in [1.807, 2.05) is 45.0 Å². The van der Waals surface area contributed by atoms with Crippen LogP contribution in [0.1, 0.15) is 80.7 Å². The maximum Gasteiger partial charge on any atom is 0.509 e. The maximum atomic E-state index is 13.5. The van der Waals surface area contributed by atoms with Gasteiger partial charge in [-0.15, -0.1) is 0 Å². The van der Waals surface area contributed by atoms with Crippen LogP contribution in [0.15, 0.2) is 24.3 Å². The van der Waals surface area contributed by atoms with Crippen LogP contribution in [-0.2, 0) is 34.9 Å². The average Bonchev–Trinajstić information content (AvgIpc) is 3.27. The van der Waals surface area contributed by atoms with Crippen molar-refractivity contribution < 1.29 is 47.6 Å². The number of esters is 1. The molecule has 0 saturated carbocycles. The predicted molar refractivity (Wildman–Crippen MR) is 178 cm³/mol. The molecule has 0 radical (unpaired) electrons. The number of carbonyl (C=O) groups excluding carboxylic acids is 4. The number of methoxy groups -OCH3 is 1. The summed E-state index contributed by atoms with van der Waals surface area (Å²) >= 11 is 0. The summed E-state index contributed by atoms with van der Waals surface area (Å²) in [6.45, 7) is 19.0. The van der Waals surface area contributed by atoms with Crippen LogP contribution in [0.5, 0.6) is 5.75 Å². The third-order valence-corrected chi connectivity index (χ3v) is 7.54. The molecular formula is C35H55N3O10. The molecule has 0 unspecified atom stereocenters. The van der Waals surface area contributed by atoms with Crippen molar-refractivity contribution in [2.75, 3.05) is 46.4 Å². The van der Waals surface area contributed by atoms with Gasteiger partial charge in [0.2, 0.25) is 0 Å². The molecule has 3 rings (SSSR count). The number of nitrogens with zero attached hydrogens (tertiary/aromatic N) is 3. The highest BCUT2D eigenvalue weighted by atomic mass is 16.7. The van der Waals surface area contributed by atoms with Crippen LogP contribution < -0.4 is 4.74 Å². The molecule has 0 spiro atoms. The molecule has 0 aromatic heterocycles. The molecule has 0 N–H and O–H groups in total. The highest BCUT2D eigenvalue weighted by Crippen LogP contribution is 2.30. The minimum atomic E-state index is -0.986. The van der Waals surface area contributed by atoms with E-state index in [-0.39, 0.29) is 19.1 Å². The maximum absolute atomic E-state index is 13.5. The summed E-state index contributed by atoms with van der Waals surface area (Å²) in [6.07, 6.45) is -2.88. The van der Waals surface area contributed by atoms with Crippen molar-refractivity contribution in [2.24, 2.45) is 0 Å². The van der Waals surface area contributed by atoms with E-state index in [1.165, 1.54) is 4.90 Å². The van der Waals surface area contributed by atoms with Crippen molar-refractivity contribution in [3.8, 4) is 5.75 Å². The van der Waals surface area contributed by atoms with Crippen molar-refractivity contribution >= 4 is 24.3 Å². The van der Waals surface area contributed by atoms with Crippen LogP contribution >= 0.6 is 0 Å². The number of hydrogen-bond acceptors (Lipinski definition) is 11. The van der Waals surface area contributed by atoms with Crippen molar-refractivity contribution in [1.29, 1.82) is 0 Å². The van der Waals surface area contributed by atoms with Gasteiger partial charge in [0.1, 0.15) is 22.6 Å². The molecule has 1 aromatic rings. The summed E-state index contributed by atoms with van der Waals surface area (Å²) < 4.78 is 33.6. The van der Waals surface area contributed by atoms with Crippen molar-refractivity contribution in [3.05, 3.63) is 29.8 Å². The van der Waals surface area contributed by atoms with E-state index in [2.05, 4.69) is 4.90 Å². The van der Waals surface area contributed by atoms with Gasteiger partial charge in [-0.25, -0.2) is 14.4 Å². The summed E-state index contributed by atoms with van der Waals surface area (Å²) in [5.74, 6) is 0.200. The van der Waals surface area contributed by atoms with E-state index in [9.17, 15) is 19.2 Å². The Morgan fingerprint density at radius 1 is 0.750 bits per heavy atom. The molecule has 0 aliphatic carbocycles. The van der Waals surface area contributed by atoms with Crippen LogP contribution in [-0.4, -0.2) is 120 Å². The Kier molecular flexibility index (Phi) is 13.0. The highest BCUT2D eigenvalue weighted by molar-refractivity contribution is 5.72. The molecule has 2 heterocycles. The van der Waals surface area contributed by atoms with E-state index in [4.69, 9.17) is 28.4 Å². The fraction of sp³-hybridized carbons (Fsp3) is 0.714. The van der Waals surface area contributed by atoms with E-state index in [0.717, 1.165) is 5.56 Å². The van der Waals surface area contributed by atoms with Crippen molar-refractivity contribution in [2.45, 2.75) is 117 Å². The third kappa shape index (κ3) is 12.7. The lowest BCUT2D eigenvalue weighted by atomic mass is 10.0. The fourth-order valence-corrected chi connectivity index (χ4v) is 5.41. The lowest BCUT2D eigenvalue weighted by molar-refractivity contribution is -0.156. The van der Waals surface area contributed by atoms with E-state index in [0.29, 0.717) is 51.3 Å². The van der Waals surface area contributed by atoms with Crippen LogP contribution in [0.3, 0.4) is 0 Å². The molecule has 2 amide bonds.